The monoisotopic (exact) mass is 312 g/mol. The molecule has 0 aromatic heterocycles. The molecular formula is C15H11ClF2OS. The van der Waals surface area contributed by atoms with E-state index in [1.54, 1.807) is 12.1 Å². The summed E-state index contributed by atoms with van der Waals surface area (Å²) in [7, 11) is 0. The predicted molar refractivity (Wildman–Crippen MR) is 76.5 cm³/mol. The van der Waals surface area contributed by atoms with Gasteiger partial charge in [0.25, 0.3) is 0 Å². The van der Waals surface area contributed by atoms with Gasteiger partial charge >= 0.3 is 0 Å². The minimum absolute atomic E-state index is 0.0442. The Bertz CT molecular complexity index is 631. The van der Waals surface area contributed by atoms with Gasteiger partial charge in [-0.25, -0.2) is 8.78 Å². The summed E-state index contributed by atoms with van der Waals surface area (Å²) in [5, 5.41) is 0.495. The van der Waals surface area contributed by atoms with Crippen LogP contribution in [0, 0.1) is 11.6 Å². The Morgan fingerprint density at radius 3 is 2.50 bits per heavy atom. The number of ether oxygens (including phenoxy) is 1. The summed E-state index contributed by atoms with van der Waals surface area (Å²) in [4.78, 5) is 0.968. The molecule has 0 N–H and O–H groups in total. The molecule has 20 heavy (non-hydrogen) atoms. The van der Waals surface area contributed by atoms with Crippen LogP contribution in [0.1, 0.15) is 17.2 Å². The largest absolute Gasteiger partial charge is 0.490 e. The van der Waals surface area contributed by atoms with E-state index in [1.807, 2.05) is 12.1 Å². The topological polar surface area (TPSA) is 9.23 Å². The molecule has 5 heteroatoms. The zero-order chi connectivity index (χ0) is 14.1. The summed E-state index contributed by atoms with van der Waals surface area (Å²) in [5.74, 6) is -0.891. The van der Waals surface area contributed by atoms with Crippen LogP contribution >= 0.6 is 23.4 Å². The van der Waals surface area contributed by atoms with Gasteiger partial charge in [-0.05, 0) is 42.8 Å². The lowest BCUT2D eigenvalue weighted by Crippen LogP contribution is -2.15. The Balaban J connectivity index is 1.94. The second-order valence-corrected chi connectivity index (χ2v) is 6.18. The third-order valence-corrected chi connectivity index (χ3v) is 4.69. The smallest absolute Gasteiger partial charge is 0.165 e. The number of hydrogen-bond donors (Lipinski definition) is 0. The van der Waals surface area contributed by atoms with E-state index in [1.165, 1.54) is 11.8 Å². The fourth-order valence-corrected chi connectivity index (χ4v) is 3.50. The molecule has 1 heterocycles. The predicted octanol–water partition coefficient (Wildman–Crippen LogP) is 5.23. The van der Waals surface area contributed by atoms with Gasteiger partial charge in [0, 0.05) is 20.7 Å². The third kappa shape index (κ3) is 2.63. The Hall–Kier alpha value is -1.26. The van der Waals surface area contributed by atoms with Crippen molar-refractivity contribution in [3.8, 4) is 5.75 Å². The maximum atomic E-state index is 14.0. The molecule has 0 saturated carbocycles. The molecular weight excluding hydrogens is 302 g/mol. The summed E-state index contributed by atoms with van der Waals surface area (Å²) in [6, 6.07) is 9.57. The van der Waals surface area contributed by atoms with E-state index in [0.29, 0.717) is 23.6 Å². The van der Waals surface area contributed by atoms with Gasteiger partial charge in [-0.3, -0.25) is 0 Å². The number of thioether (sulfide) groups is 1. The molecule has 0 saturated heterocycles. The molecule has 1 aliphatic rings. The minimum Gasteiger partial charge on any atom is -0.490 e. The van der Waals surface area contributed by atoms with Gasteiger partial charge in [0.05, 0.1) is 6.61 Å². The summed E-state index contributed by atoms with van der Waals surface area (Å²) in [5.41, 5.74) is 0.316. The van der Waals surface area contributed by atoms with Crippen molar-refractivity contribution in [3.05, 3.63) is 58.6 Å². The molecule has 0 radical (unpaired) electrons. The van der Waals surface area contributed by atoms with Crippen LogP contribution in [0.15, 0.2) is 41.3 Å². The fraction of sp³-hybridized carbons (Fsp3) is 0.200. The van der Waals surface area contributed by atoms with Gasteiger partial charge in [0.2, 0.25) is 0 Å². The molecule has 0 aliphatic carbocycles. The Morgan fingerprint density at radius 1 is 1.05 bits per heavy atom. The molecule has 0 unspecified atom stereocenters. The fourth-order valence-electron chi connectivity index (χ4n) is 2.20. The average molecular weight is 313 g/mol. The lowest BCUT2D eigenvalue weighted by atomic mass is 10.0. The van der Waals surface area contributed by atoms with E-state index in [2.05, 4.69) is 0 Å². The first-order valence-electron chi connectivity index (χ1n) is 6.18. The molecule has 1 aliphatic heterocycles. The van der Waals surface area contributed by atoms with Crippen LogP contribution in [0.4, 0.5) is 8.78 Å². The second-order valence-electron chi connectivity index (χ2n) is 4.47. The maximum absolute atomic E-state index is 14.0. The van der Waals surface area contributed by atoms with E-state index in [-0.39, 0.29) is 11.0 Å². The summed E-state index contributed by atoms with van der Waals surface area (Å²) < 4.78 is 33.0. The summed E-state index contributed by atoms with van der Waals surface area (Å²) in [6.07, 6.45) is 0.640. The Morgan fingerprint density at radius 2 is 1.75 bits per heavy atom. The minimum atomic E-state index is -0.511. The molecule has 1 atom stereocenters. The molecule has 104 valence electrons. The second kappa shape index (κ2) is 5.62. The number of halogens is 3. The van der Waals surface area contributed by atoms with E-state index in [9.17, 15) is 8.78 Å². The van der Waals surface area contributed by atoms with Crippen molar-refractivity contribution in [3.63, 3.8) is 0 Å². The first kappa shape index (κ1) is 13.7. The summed E-state index contributed by atoms with van der Waals surface area (Å²) >= 11 is 7.34. The van der Waals surface area contributed by atoms with Crippen molar-refractivity contribution in [2.24, 2.45) is 0 Å². The van der Waals surface area contributed by atoms with Gasteiger partial charge in [0.1, 0.15) is 5.82 Å². The number of fused-ring (bicyclic) bond motifs is 1. The number of benzene rings is 2. The van der Waals surface area contributed by atoms with Gasteiger partial charge in [-0.15, -0.1) is 11.8 Å². The zero-order valence-corrected chi connectivity index (χ0v) is 12.0. The van der Waals surface area contributed by atoms with E-state index < -0.39 is 11.6 Å². The highest BCUT2D eigenvalue weighted by atomic mass is 35.5. The van der Waals surface area contributed by atoms with E-state index in [0.717, 1.165) is 17.0 Å². The SMILES string of the molecule is Fc1ccc(F)c2c1OCC[C@H]2Sc1ccc(Cl)cc1. The van der Waals surface area contributed by atoms with Gasteiger partial charge in [-0.1, -0.05) is 11.6 Å². The molecule has 2 aromatic carbocycles. The first-order valence-corrected chi connectivity index (χ1v) is 7.44. The lowest BCUT2D eigenvalue weighted by molar-refractivity contribution is 0.267. The van der Waals surface area contributed by atoms with Crippen molar-refractivity contribution in [2.75, 3.05) is 6.61 Å². The van der Waals surface area contributed by atoms with Crippen LogP contribution < -0.4 is 4.74 Å². The van der Waals surface area contributed by atoms with Crippen LogP contribution in [0.3, 0.4) is 0 Å². The molecule has 0 amide bonds. The van der Waals surface area contributed by atoms with Gasteiger partial charge < -0.3 is 4.74 Å². The van der Waals surface area contributed by atoms with Crippen molar-refractivity contribution < 1.29 is 13.5 Å². The number of rotatable bonds is 2. The maximum Gasteiger partial charge on any atom is 0.165 e. The van der Waals surface area contributed by atoms with Crippen molar-refractivity contribution in [1.82, 2.24) is 0 Å². The van der Waals surface area contributed by atoms with Crippen molar-refractivity contribution >= 4 is 23.4 Å². The lowest BCUT2D eigenvalue weighted by Gasteiger charge is -2.26. The molecule has 0 bridgehead atoms. The summed E-state index contributed by atoms with van der Waals surface area (Å²) in [6.45, 7) is 0.388. The van der Waals surface area contributed by atoms with Gasteiger partial charge in [0.15, 0.2) is 11.6 Å². The normalized spacial score (nSPS) is 17.4. The molecule has 0 spiro atoms. The van der Waals surface area contributed by atoms with E-state index >= 15 is 0 Å². The van der Waals surface area contributed by atoms with Crippen molar-refractivity contribution in [2.45, 2.75) is 16.6 Å². The highest BCUT2D eigenvalue weighted by Gasteiger charge is 2.28. The quantitative estimate of drug-likeness (QED) is 0.750. The van der Waals surface area contributed by atoms with Crippen LogP contribution in [0.5, 0.6) is 5.75 Å². The highest BCUT2D eigenvalue weighted by molar-refractivity contribution is 7.99. The Labute approximate surface area is 124 Å². The zero-order valence-electron chi connectivity index (χ0n) is 10.4. The van der Waals surface area contributed by atoms with Crippen LogP contribution in [0.2, 0.25) is 5.02 Å². The molecule has 1 nitrogen and oxygen atoms in total. The van der Waals surface area contributed by atoms with Gasteiger partial charge in [-0.2, -0.15) is 0 Å². The van der Waals surface area contributed by atoms with Crippen LogP contribution in [-0.4, -0.2) is 6.61 Å². The standard InChI is InChI=1S/C15H11ClF2OS/c16-9-1-3-10(4-2-9)20-13-7-8-19-15-12(18)6-5-11(17)14(13)15/h1-6,13H,7-8H2/t13-/m1/s1. The number of hydrogen-bond acceptors (Lipinski definition) is 2. The molecule has 2 aromatic rings. The van der Waals surface area contributed by atoms with E-state index in [4.69, 9.17) is 16.3 Å². The van der Waals surface area contributed by atoms with Crippen molar-refractivity contribution in [1.29, 1.82) is 0 Å². The van der Waals surface area contributed by atoms with Crippen LogP contribution in [0.25, 0.3) is 0 Å². The van der Waals surface area contributed by atoms with Crippen LogP contribution in [-0.2, 0) is 0 Å². The Kier molecular flexibility index (Phi) is 3.85. The highest BCUT2D eigenvalue weighted by Crippen LogP contribution is 2.46. The molecule has 3 rings (SSSR count). The molecule has 0 fully saturated rings. The average Bonchev–Trinajstić information content (AvgIpc) is 2.46. The first-order chi connectivity index (χ1) is 9.65. The third-order valence-electron chi connectivity index (χ3n) is 3.14.